The summed E-state index contributed by atoms with van der Waals surface area (Å²) in [5.74, 6) is 0.629. The minimum atomic E-state index is -0.342. The van der Waals surface area contributed by atoms with E-state index >= 15 is 0 Å². The zero-order chi connectivity index (χ0) is 13.5. The molecule has 1 rings (SSSR count). The van der Waals surface area contributed by atoms with E-state index in [0.717, 1.165) is 4.43 Å². The molecule has 0 spiro atoms. The van der Waals surface area contributed by atoms with Gasteiger partial charge in [-0.05, 0) is 19.2 Å². The van der Waals surface area contributed by atoms with Crippen molar-refractivity contribution in [1.82, 2.24) is 0 Å². The van der Waals surface area contributed by atoms with E-state index in [2.05, 4.69) is 31.6 Å². The number of nitrogens with zero attached hydrogens (tertiary/aromatic N) is 1. The number of aromatic nitrogens is 1. The van der Waals surface area contributed by atoms with Gasteiger partial charge in [0.15, 0.2) is 16.3 Å². The number of anilines is 2. The molecule has 0 aliphatic heterocycles. The third kappa shape index (κ3) is 3.88. The largest absolute Gasteiger partial charge is 0.405 e. The van der Waals surface area contributed by atoms with E-state index in [1.54, 1.807) is 12.1 Å². The molecule has 18 heavy (non-hydrogen) atoms. The first-order valence-electron chi connectivity index (χ1n) is 5.39. The van der Waals surface area contributed by atoms with Crippen molar-refractivity contribution in [2.24, 2.45) is 10.7 Å². The lowest BCUT2D eigenvalue weighted by Gasteiger charge is -2.02. The van der Waals surface area contributed by atoms with Gasteiger partial charge in [0.25, 0.3) is 0 Å². The van der Waals surface area contributed by atoms with Gasteiger partial charge in [-0.1, -0.05) is 10.5 Å². The van der Waals surface area contributed by atoms with Crippen LogP contribution in [0.25, 0.3) is 0 Å². The topological polar surface area (TPSA) is 108 Å². The molecular formula is C11H15AlN5O+. The number of nitrogen functional groups attached to an aromatic ring is 1. The minimum absolute atomic E-state index is 0.266. The third-order valence-electron chi connectivity index (χ3n) is 2.07. The van der Waals surface area contributed by atoms with Gasteiger partial charge in [-0.25, -0.2) is 15.1 Å². The number of amides is 1. The van der Waals surface area contributed by atoms with Crippen molar-refractivity contribution >= 4 is 44.0 Å². The summed E-state index contributed by atoms with van der Waals surface area (Å²) in [4.78, 5) is 18.8. The summed E-state index contributed by atoms with van der Waals surface area (Å²) in [6.45, 7) is 2.34. The van der Waals surface area contributed by atoms with E-state index < -0.39 is 0 Å². The molecule has 1 aromatic rings. The maximum absolute atomic E-state index is 11.9. The van der Waals surface area contributed by atoms with Crippen molar-refractivity contribution in [3.8, 4) is 0 Å². The summed E-state index contributed by atoms with van der Waals surface area (Å²) >= 11 is 2.49. The molecular weight excluding hydrogens is 245 g/mol. The first kappa shape index (κ1) is 14.2. The highest BCUT2D eigenvalue weighted by atomic mass is 27.0. The molecule has 1 heterocycles. The Kier molecular flexibility index (Phi) is 5.37. The molecule has 0 aliphatic carbocycles. The van der Waals surface area contributed by atoms with Crippen LogP contribution in [-0.4, -0.2) is 34.5 Å². The lowest BCUT2D eigenvalue weighted by Crippen LogP contribution is -2.30. The van der Waals surface area contributed by atoms with Crippen molar-refractivity contribution < 1.29 is 9.78 Å². The maximum Gasteiger partial charge on any atom is 0.329 e. The zero-order valence-electron chi connectivity index (χ0n) is 10.1. The Bertz CT molecular complexity index is 498. The van der Waals surface area contributed by atoms with Crippen molar-refractivity contribution in [3.63, 3.8) is 0 Å². The fourth-order valence-corrected chi connectivity index (χ4v) is 1.41. The average Bonchev–Trinajstić information content (AvgIpc) is 2.33. The second kappa shape index (κ2) is 6.79. The van der Waals surface area contributed by atoms with Gasteiger partial charge in [-0.2, -0.15) is 0 Å². The number of nitrogens with two attached hydrogens (primary N) is 2. The van der Waals surface area contributed by atoms with Gasteiger partial charge in [0.1, 0.15) is 5.71 Å². The van der Waals surface area contributed by atoms with Crippen LogP contribution in [0.3, 0.4) is 0 Å². The number of rotatable bonds is 4. The van der Waals surface area contributed by atoms with E-state index in [1.165, 1.54) is 12.3 Å². The van der Waals surface area contributed by atoms with Crippen molar-refractivity contribution in [1.29, 1.82) is 0 Å². The predicted molar refractivity (Wildman–Crippen MR) is 72.7 cm³/mol. The number of pyridine rings is 1. The minimum Gasteiger partial charge on any atom is -0.405 e. The van der Waals surface area contributed by atoms with Crippen LogP contribution in [0.1, 0.15) is 6.92 Å². The van der Waals surface area contributed by atoms with Crippen molar-refractivity contribution in [3.05, 3.63) is 24.4 Å². The molecule has 0 saturated carbocycles. The number of nitrogens with one attached hydrogen (secondary N) is 2. The van der Waals surface area contributed by atoms with Crippen LogP contribution in [-0.2, 0) is 4.79 Å². The molecule has 0 atom stereocenters. The second-order valence-electron chi connectivity index (χ2n) is 3.41. The molecule has 92 valence electrons. The van der Waals surface area contributed by atoms with E-state index in [9.17, 15) is 4.79 Å². The summed E-state index contributed by atoms with van der Waals surface area (Å²) in [5, 5.41) is 2.66. The van der Waals surface area contributed by atoms with Gasteiger partial charge >= 0.3 is 5.91 Å². The van der Waals surface area contributed by atoms with Crippen LogP contribution in [0.15, 0.2) is 29.4 Å². The Morgan fingerprint density at radius 3 is 2.89 bits per heavy atom. The summed E-state index contributed by atoms with van der Waals surface area (Å²) in [6.07, 6.45) is 2.73. The molecule has 6 N–H and O–H groups in total. The fraction of sp³-hybridized carbons (Fsp3) is 0.182. The molecule has 0 aromatic carbocycles. The Labute approximate surface area is 114 Å². The summed E-state index contributed by atoms with van der Waals surface area (Å²) in [7, 11) is 0. The Morgan fingerprint density at radius 1 is 1.61 bits per heavy atom. The van der Waals surface area contributed by atoms with Crippen LogP contribution < -0.4 is 26.2 Å². The molecule has 6 nitrogen and oxygen atoms in total. The SMILES string of the molecule is CCN=C(C=CN)C(=O)Nc1cc[c]([Al])c(N)[nH+]1. The lowest BCUT2D eigenvalue weighted by molar-refractivity contribution is -0.341. The van der Waals surface area contributed by atoms with Crippen LogP contribution in [0.2, 0.25) is 0 Å². The van der Waals surface area contributed by atoms with Crippen LogP contribution in [0.4, 0.5) is 11.6 Å². The Morgan fingerprint density at radius 2 is 2.33 bits per heavy atom. The number of aromatic amines is 1. The van der Waals surface area contributed by atoms with Gasteiger partial charge in [-0.3, -0.25) is 4.99 Å². The summed E-state index contributed by atoms with van der Waals surface area (Å²) in [5.41, 5.74) is 11.2. The van der Waals surface area contributed by atoms with Crippen molar-refractivity contribution in [2.45, 2.75) is 6.92 Å². The Hall–Kier alpha value is -1.84. The highest BCUT2D eigenvalue weighted by Crippen LogP contribution is 1.98. The molecule has 0 fully saturated rings. The van der Waals surface area contributed by atoms with Crippen LogP contribution in [0.5, 0.6) is 0 Å². The third-order valence-corrected chi connectivity index (χ3v) is 2.58. The molecule has 1 aromatic heterocycles. The molecule has 0 bridgehead atoms. The van der Waals surface area contributed by atoms with Gasteiger partial charge in [-0.15, -0.1) is 0 Å². The van der Waals surface area contributed by atoms with E-state index in [1.807, 2.05) is 6.92 Å². The number of hydrogen-bond acceptors (Lipinski definition) is 4. The monoisotopic (exact) mass is 260 g/mol. The number of carbonyl (C=O) groups excluding carboxylic acids is 1. The number of H-pyrrole nitrogens is 1. The molecule has 7 heteroatoms. The van der Waals surface area contributed by atoms with Gasteiger partial charge in [0.2, 0.25) is 11.6 Å². The summed E-state index contributed by atoms with van der Waals surface area (Å²) < 4.78 is 0.831. The maximum atomic E-state index is 11.9. The number of aliphatic imine (C=N–C) groups is 1. The van der Waals surface area contributed by atoms with Crippen molar-refractivity contribution in [2.75, 3.05) is 17.6 Å². The van der Waals surface area contributed by atoms with Gasteiger partial charge in [0, 0.05) is 12.6 Å². The molecule has 2 radical (unpaired) electrons. The number of hydrogen-bond donors (Lipinski definition) is 3. The standard InChI is InChI=1S/C11H14N5O.Al/c1-2-14-8(6-7-12)11(17)16-10-5-3-4-9(13)15-10;/h3,5-7H,2,12H2,1H3,(H3,13,15,16,17);/p+1. The van der Waals surface area contributed by atoms with Gasteiger partial charge < -0.3 is 11.5 Å². The van der Waals surface area contributed by atoms with E-state index in [4.69, 9.17) is 11.5 Å². The zero-order valence-corrected chi connectivity index (χ0v) is 11.3. The second-order valence-corrected chi connectivity index (χ2v) is 4.04. The Balaban J connectivity index is 2.86. The smallest absolute Gasteiger partial charge is 0.329 e. The first-order valence-corrected chi connectivity index (χ1v) is 5.97. The highest BCUT2D eigenvalue weighted by molar-refractivity contribution is 6.47. The van der Waals surface area contributed by atoms with Crippen LogP contribution >= 0.6 is 0 Å². The average molecular weight is 260 g/mol. The van der Waals surface area contributed by atoms with E-state index in [-0.39, 0.29) is 11.6 Å². The summed E-state index contributed by atoms with van der Waals surface area (Å²) in [6, 6.07) is 3.49. The quantitative estimate of drug-likeness (QED) is 0.465. The molecule has 1 amide bonds. The van der Waals surface area contributed by atoms with Crippen LogP contribution in [0, 0.1) is 0 Å². The molecule has 0 unspecified atom stereocenters. The predicted octanol–water partition coefficient (Wildman–Crippen LogP) is -1.25. The molecule has 0 aliphatic rings. The number of carbonyl (C=O) groups is 1. The first-order chi connectivity index (χ1) is 8.58. The normalized spacial score (nSPS) is 11.7. The van der Waals surface area contributed by atoms with Gasteiger partial charge in [0.05, 0.1) is 0 Å². The highest BCUT2D eigenvalue weighted by Gasteiger charge is 2.13. The molecule has 0 saturated heterocycles. The van der Waals surface area contributed by atoms with E-state index in [0.29, 0.717) is 18.2 Å². The lowest BCUT2D eigenvalue weighted by atomic mass is 10.3. The fourth-order valence-electron chi connectivity index (χ4n) is 1.24.